The highest BCUT2D eigenvalue weighted by molar-refractivity contribution is 5.81. The van der Waals surface area contributed by atoms with Crippen molar-refractivity contribution in [3.05, 3.63) is 59.7 Å². The number of hydrogen-bond donors (Lipinski definition) is 2. The number of amides is 1. The normalized spacial score (nSPS) is 12.7. The van der Waals surface area contributed by atoms with Crippen LogP contribution in [0.1, 0.15) is 37.4 Å². The second-order valence-electron chi connectivity index (χ2n) is 6.26. The summed E-state index contributed by atoms with van der Waals surface area (Å²) in [4.78, 5) is 23.1. The van der Waals surface area contributed by atoms with Crippen LogP contribution in [0.2, 0.25) is 0 Å². The van der Waals surface area contributed by atoms with Gasteiger partial charge in [-0.15, -0.1) is 0 Å². The molecule has 0 aromatic heterocycles. The van der Waals surface area contributed by atoms with Crippen LogP contribution in [-0.4, -0.2) is 29.7 Å². The molecule has 2 N–H and O–H groups in total. The van der Waals surface area contributed by atoms with E-state index in [0.29, 0.717) is 17.9 Å². The van der Waals surface area contributed by atoms with Crippen molar-refractivity contribution in [3.63, 3.8) is 0 Å². The first-order valence-electron chi connectivity index (χ1n) is 8.88. The van der Waals surface area contributed by atoms with Gasteiger partial charge in [0.1, 0.15) is 11.5 Å². The highest BCUT2D eigenvalue weighted by Crippen LogP contribution is 2.21. The molecule has 6 heteroatoms. The fraction of sp³-hybridized carbons (Fsp3) is 0.333. The minimum absolute atomic E-state index is 0.181. The van der Waals surface area contributed by atoms with Crippen molar-refractivity contribution in [2.75, 3.05) is 6.61 Å². The summed E-state index contributed by atoms with van der Waals surface area (Å²) in [5.74, 6) is -0.0421. The summed E-state index contributed by atoms with van der Waals surface area (Å²) in [5.41, 5.74) is 1.87. The summed E-state index contributed by atoms with van der Waals surface area (Å²) in [6.07, 6.45) is -0.0267. The average molecular weight is 371 g/mol. The van der Waals surface area contributed by atoms with Crippen molar-refractivity contribution in [2.24, 2.45) is 0 Å². The SMILES string of the molecule is CCC(Oc1ccccc1C)C(=O)NC(C)c1ccc(OCC(=O)O)cc1. The third kappa shape index (κ3) is 6.02. The summed E-state index contributed by atoms with van der Waals surface area (Å²) in [6.45, 7) is 5.34. The minimum atomic E-state index is -1.03. The van der Waals surface area contributed by atoms with Gasteiger partial charge in [-0.1, -0.05) is 37.3 Å². The number of rotatable bonds is 9. The Morgan fingerprint density at radius 3 is 2.37 bits per heavy atom. The molecular weight excluding hydrogens is 346 g/mol. The molecule has 2 aromatic carbocycles. The fourth-order valence-corrected chi connectivity index (χ4v) is 2.55. The van der Waals surface area contributed by atoms with E-state index in [2.05, 4.69) is 5.32 Å². The molecule has 0 radical (unpaired) electrons. The maximum atomic E-state index is 12.6. The van der Waals surface area contributed by atoms with Gasteiger partial charge in [0.25, 0.3) is 5.91 Å². The number of nitrogens with one attached hydrogen (secondary N) is 1. The summed E-state index contributed by atoms with van der Waals surface area (Å²) in [5, 5.41) is 11.6. The van der Waals surface area contributed by atoms with Crippen molar-refractivity contribution >= 4 is 11.9 Å². The lowest BCUT2D eigenvalue weighted by molar-refractivity contribution is -0.139. The van der Waals surface area contributed by atoms with E-state index in [1.807, 2.05) is 45.0 Å². The van der Waals surface area contributed by atoms with E-state index in [9.17, 15) is 9.59 Å². The number of carbonyl (C=O) groups is 2. The van der Waals surface area contributed by atoms with Gasteiger partial charge in [0.15, 0.2) is 12.7 Å². The Hall–Kier alpha value is -3.02. The molecule has 144 valence electrons. The Bertz CT molecular complexity index is 772. The third-order valence-electron chi connectivity index (χ3n) is 4.13. The maximum absolute atomic E-state index is 12.6. The first-order valence-corrected chi connectivity index (χ1v) is 8.88. The Labute approximate surface area is 159 Å². The molecule has 0 saturated heterocycles. The number of benzene rings is 2. The van der Waals surface area contributed by atoms with E-state index in [1.54, 1.807) is 24.3 Å². The van der Waals surface area contributed by atoms with E-state index in [4.69, 9.17) is 14.6 Å². The molecule has 6 nitrogen and oxygen atoms in total. The molecule has 0 aliphatic carbocycles. The number of carbonyl (C=O) groups excluding carboxylic acids is 1. The van der Waals surface area contributed by atoms with Crippen molar-refractivity contribution in [1.82, 2.24) is 5.32 Å². The average Bonchev–Trinajstić information content (AvgIpc) is 2.66. The molecule has 0 bridgehead atoms. The minimum Gasteiger partial charge on any atom is -0.482 e. The van der Waals surface area contributed by atoms with Crippen molar-refractivity contribution in [3.8, 4) is 11.5 Å². The number of aliphatic carboxylic acids is 1. The molecule has 0 spiro atoms. The topological polar surface area (TPSA) is 84.9 Å². The largest absolute Gasteiger partial charge is 0.482 e. The van der Waals surface area contributed by atoms with Crippen molar-refractivity contribution < 1.29 is 24.2 Å². The van der Waals surface area contributed by atoms with Gasteiger partial charge < -0.3 is 19.9 Å². The standard InChI is InChI=1S/C21H25NO5/c1-4-18(27-19-8-6-5-7-14(19)2)21(25)22-15(3)16-9-11-17(12-10-16)26-13-20(23)24/h5-12,15,18H,4,13H2,1-3H3,(H,22,25)(H,23,24). The lowest BCUT2D eigenvalue weighted by Gasteiger charge is -2.21. The van der Waals surface area contributed by atoms with Crippen LogP contribution < -0.4 is 14.8 Å². The Morgan fingerprint density at radius 2 is 1.78 bits per heavy atom. The zero-order valence-corrected chi connectivity index (χ0v) is 15.8. The van der Waals surface area contributed by atoms with Gasteiger partial charge >= 0.3 is 5.97 Å². The number of para-hydroxylation sites is 1. The second-order valence-corrected chi connectivity index (χ2v) is 6.26. The summed E-state index contributed by atoms with van der Waals surface area (Å²) in [7, 11) is 0. The maximum Gasteiger partial charge on any atom is 0.341 e. The van der Waals surface area contributed by atoms with Crippen LogP contribution in [0.15, 0.2) is 48.5 Å². The Kier molecular flexibility index (Phi) is 7.23. The first kappa shape index (κ1) is 20.3. The second kappa shape index (κ2) is 9.62. The zero-order chi connectivity index (χ0) is 19.8. The highest BCUT2D eigenvalue weighted by atomic mass is 16.5. The molecule has 27 heavy (non-hydrogen) atoms. The molecule has 2 aromatic rings. The van der Waals surface area contributed by atoms with E-state index >= 15 is 0 Å². The van der Waals surface area contributed by atoms with Crippen molar-refractivity contribution in [1.29, 1.82) is 0 Å². The smallest absolute Gasteiger partial charge is 0.341 e. The summed E-state index contributed by atoms with van der Waals surface area (Å²) < 4.78 is 11.0. The number of carboxylic acid groups (broad SMARTS) is 1. The molecule has 0 aliphatic heterocycles. The van der Waals surface area contributed by atoms with Crippen LogP contribution in [-0.2, 0) is 9.59 Å². The third-order valence-corrected chi connectivity index (χ3v) is 4.13. The molecule has 0 aliphatic rings. The molecule has 1 amide bonds. The van der Waals surface area contributed by atoms with E-state index in [1.165, 1.54) is 0 Å². The molecule has 0 saturated carbocycles. The lowest BCUT2D eigenvalue weighted by Crippen LogP contribution is -2.39. The molecule has 0 fully saturated rings. The van der Waals surface area contributed by atoms with Gasteiger partial charge in [-0.2, -0.15) is 0 Å². The van der Waals surface area contributed by atoms with Gasteiger partial charge in [-0.3, -0.25) is 4.79 Å². The van der Waals surface area contributed by atoms with Gasteiger partial charge in [-0.05, 0) is 49.6 Å². The van der Waals surface area contributed by atoms with Crippen LogP contribution in [0, 0.1) is 6.92 Å². The van der Waals surface area contributed by atoms with E-state index < -0.39 is 12.1 Å². The van der Waals surface area contributed by atoms with Gasteiger partial charge in [0.2, 0.25) is 0 Å². The van der Waals surface area contributed by atoms with Gasteiger partial charge in [0.05, 0.1) is 6.04 Å². The molecular formula is C21H25NO5. The van der Waals surface area contributed by atoms with Gasteiger partial charge in [0, 0.05) is 0 Å². The number of carboxylic acids is 1. The number of aryl methyl sites for hydroxylation is 1. The Balaban J connectivity index is 1.96. The van der Waals surface area contributed by atoms with Crippen LogP contribution in [0.4, 0.5) is 0 Å². The van der Waals surface area contributed by atoms with E-state index in [-0.39, 0.29) is 18.6 Å². The van der Waals surface area contributed by atoms with Crippen LogP contribution in [0.25, 0.3) is 0 Å². The number of ether oxygens (including phenoxy) is 2. The molecule has 0 heterocycles. The lowest BCUT2D eigenvalue weighted by atomic mass is 10.1. The van der Waals surface area contributed by atoms with Crippen LogP contribution >= 0.6 is 0 Å². The summed E-state index contributed by atoms with van der Waals surface area (Å²) >= 11 is 0. The number of hydrogen-bond acceptors (Lipinski definition) is 4. The molecule has 2 unspecified atom stereocenters. The van der Waals surface area contributed by atoms with Crippen LogP contribution in [0.3, 0.4) is 0 Å². The predicted octanol–water partition coefficient (Wildman–Crippen LogP) is 3.49. The van der Waals surface area contributed by atoms with E-state index in [0.717, 1.165) is 11.1 Å². The monoisotopic (exact) mass is 371 g/mol. The molecule has 2 rings (SSSR count). The first-order chi connectivity index (χ1) is 12.9. The fourth-order valence-electron chi connectivity index (χ4n) is 2.55. The zero-order valence-electron chi connectivity index (χ0n) is 15.8. The quantitative estimate of drug-likeness (QED) is 0.705. The highest BCUT2D eigenvalue weighted by Gasteiger charge is 2.21. The molecule has 2 atom stereocenters. The predicted molar refractivity (Wildman–Crippen MR) is 102 cm³/mol. The summed E-state index contributed by atoms with van der Waals surface area (Å²) in [6, 6.07) is 14.3. The van der Waals surface area contributed by atoms with Crippen LogP contribution in [0.5, 0.6) is 11.5 Å². The van der Waals surface area contributed by atoms with Gasteiger partial charge in [-0.25, -0.2) is 4.79 Å². The van der Waals surface area contributed by atoms with Crippen molar-refractivity contribution in [2.45, 2.75) is 39.3 Å². The Morgan fingerprint density at radius 1 is 1.11 bits per heavy atom.